The normalized spacial score (nSPS) is 21.4. The predicted molar refractivity (Wildman–Crippen MR) is 109 cm³/mol. The highest BCUT2D eigenvalue weighted by Crippen LogP contribution is 2.27. The molecular weight excluding hydrogens is 369 g/mol. The summed E-state index contributed by atoms with van der Waals surface area (Å²) in [5.41, 5.74) is 2.17. The first-order valence-corrected chi connectivity index (χ1v) is 10.2. The van der Waals surface area contributed by atoms with Crippen molar-refractivity contribution in [2.24, 2.45) is 5.92 Å². The summed E-state index contributed by atoms with van der Waals surface area (Å²) in [6, 6.07) is 5.04. The minimum atomic E-state index is -0.0893. The van der Waals surface area contributed by atoms with E-state index in [1.54, 1.807) is 18.2 Å². The molecule has 1 aromatic rings. The van der Waals surface area contributed by atoms with Crippen molar-refractivity contribution in [3.8, 4) is 0 Å². The van der Waals surface area contributed by atoms with Crippen LogP contribution < -0.4 is 5.32 Å². The number of amides is 2. The second-order valence-corrected chi connectivity index (χ2v) is 8.04. The summed E-state index contributed by atoms with van der Waals surface area (Å²) < 4.78 is 0. The molecule has 2 aliphatic heterocycles. The van der Waals surface area contributed by atoms with Crippen molar-refractivity contribution in [1.82, 2.24) is 9.80 Å². The fourth-order valence-corrected chi connectivity index (χ4v) is 4.13. The van der Waals surface area contributed by atoms with Gasteiger partial charge in [0.05, 0.1) is 10.0 Å². The fourth-order valence-electron chi connectivity index (χ4n) is 3.83. The smallest absolute Gasteiger partial charge is 0.320 e. The number of anilines is 1. The second kappa shape index (κ2) is 9.12. The van der Waals surface area contributed by atoms with E-state index in [2.05, 4.69) is 23.2 Å². The quantitative estimate of drug-likeness (QED) is 0.703. The van der Waals surface area contributed by atoms with Gasteiger partial charge < -0.3 is 15.1 Å². The van der Waals surface area contributed by atoms with Gasteiger partial charge in [0.25, 0.3) is 0 Å². The molecule has 0 aromatic heterocycles. The minimum Gasteiger partial charge on any atom is -0.320 e. The number of likely N-dealkylation sites (tertiary alicyclic amines) is 1. The zero-order chi connectivity index (χ0) is 18.5. The molecule has 2 heterocycles. The lowest BCUT2D eigenvalue weighted by molar-refractivity contribution is 0.180. The topological polar surface area (TPSA) is 35.6 Å². The summed E-state index contributed by atoms with van der Waals surface area (Å²) in [7, 11) is 0. The first-order chi connectivity index (χ1) is 12.5. The molecule has 142 valence electrons. The number of carbonyl (C=O) groups excluding carboxylic acids is 1. The van der Waals surface area contributed by atoms with Crippen LogP contribution in [0.3, 0.4) is 0 Å². The highest BCUT2D eigenvalue weighted by Gasteiger charge is 2.22. The Morgan fingerprint density at radius 1 is 1.27 bits per heavy atom. The lowest BCUT2D eigenvalue weighted by Gasteiger charge is -2.34. The van der Waals surface area contributed by atoms with Crippen LogP contribution in [0.4, 0.5) is 10.5 Å². The first kappa shape index (κ1) is 19.5. The third-order valence-corrected chi connectivity index (χ3v) is 6.10. The van der Waals surface area contributed by atoms with Crippen LogP contribution >= 0.6 is 23.2 Å². The number of rotatable bonds is 4. The summed E-state index contributed by atoms with van der Waals surface area (Å²) in [6.45, 7) is 7.30. The van der Waals surface area contributed by atoms with Gasteiger partial charge in [0.1, 0.15) is 0 Å². The number of hydrogen-bond acceptors (Lipinski definition) is 2. The van der Waals surface area contributed by atoms with Crippen LogP contribution in [0.15, 0.2) is 29.8 Å². The molecule has 4 nitrogen and oxygen atoms in total. The van der Waals surface area contributed by atoms with Crippen LogP contribution in [-0.4, -0.2) is 48.6 Å². The Hall–Kier alpha value is -1.23. The molecule has 1 N–H and O–H groups in total. The van der Waals surface area contributed by atoms with Crippen molar-refractivity contribution in [3.05, 3.63) is 39.9 Å². The third kappa shape index (κ3) is 5.15. The van der Waals surface area contributed by atoms with E-state index in [4.69, 9.17) is 23.2 Å². The highest BCUT2D eigenvalue weighted by molar-refractivity contribution is 6.42. The summed E-state index contributed by atoms with van der Waals surface area (Å²) in [5, 5.41) is 3.83. The molecule has 6 heteroatoms. The Kier molecular flexibility index (Phi) is 6.85. The van der Waals surface area contributed by atoms with Gasteiger partial charge in [-0.2, -0.15) is 0 Å². The Labute approximate surface area is 166 Å². The van der Waals surface area contributed by atoms with Crippen LogP contribution in [0.25, 0.3) is 0 Å². The van der Waals surface area contributed by atoms with E-state index >= 15 is 0 Å². The Morgan fingerprint density at radius 3 is 2.81 bits per heavy atom. The fraction of sp³-hybridized carbons (Fsp3) is 0.550. The predicted octanol–water partition coefficient (Wildman–Crippen LogP) is 5.28. The molecule has 3 rings (SSSR count). The number of piperidine rings is 1. The maximum absolute atomic E-state index is 12.4. The van der Waals surface area contributed by atoms with Crippen LogP contribution in [0.2, 0.25) is 10.0 Å². The molecule has 1 unspecified atom stereocenters. The molecule has 1 aromatic carbocycles. The summed E-state index contributed by atoms with van der Waals surface area (Å²) in [6.07, 6.45) is 7.03. The van der Waals surface area contributed by atoms with Crippen LogP contribution in [0.1, 0.15) is 32.6 Å². The van der Waals surface area contributed by atoms with Crippen molar-refractivity contribution >= 4 is 34.9 Å². The second-order valence-electron chi connectivity index (χ2n) is 7.22. The van der Waals surface area contributed by atoms with Gasteiger partial charge in [-0.1, -0.05) is 41.8 Å². The largest absolute Gasteiger partial charge is 0.322 e. The number of nitrogens with one attached hydrogen (secondary N) is 1. The molecule has 2 aliphatic rings. The van der Waals surface area contributed by atoms with Gasteiger partial charge in [-0.25, -0.2) is 4.79 Å². The third-order valence-electron chi connectivity index (χ3n) is 5.36. The van der Waals surface area contributed by atoms with Gasteiger partial charge in [0.2, 0.25) is 0 Å². The van der Waals surface area contributed by atoms with Gasteiger partial charge in [-0.3, -0.25) is 0 Å². The molecule has 0 saturated carbocycles. The number of nitrogens with zero attached hydrogens (tertiary/aromatic N) is 2. The van der Waals surface area contributed by atoms with E-state index < -0.39 is 0 Å². The number of hydrogen-bond donors (Lipinski definition) is 1. The van der Waals surface area contributed by atoms with Gasteiger partial charge in [0, 0.05) is 25.3 Å². The number of urea groups is 1. The molecular formula is C20H27Cl2N3O. The zero-order valence-electron chi connectivity index (χ0n) is 15.3. The van der Waals surface area contributed by atoms with E-state index in [1.165, 1.54) is 37.9 Å². The summed E-state index contributed by atoms with van der Waals surface area (Å²) in [4.78, 5) is 16.8. The Morgan fingerprint density at radius 2 is 2.12 bits per heavy atom. The van der Waals surface area contributed by atoms with Gasteiger partial charge in [-0.05, 0) is 62.9 Å². The van der Waals surface area contributed by atoms with E-state index in [0.717, 1.165) is 25.4 Å². The van der Waals surface area contributed by atoms with Crippen LogP contribution in [0.5, 0.6) is 0 Å². The minimum absolute atomic E-state index is 0.0893. The number of benzene rings is 1. The average Bonchev–Trinajstić information content (AvgIpc) is 2.65. The van der Waals surface area contributed by atoms with Crippen molar-refractivity contribution in [1.29, 1.82) is 0 Å². The molecule has 0 bridgehead atoms. The van der Waals surface area contributed by atoms with E-state index in [9.17, 15) is 4.79 Å². The molecule has 0 spiro atoms. The van der Waals surface area contributed by atoms with Crippen molar-refractivity contribution < 1.29 is 4.79 Å². The first-order valence-electron chi connectivity index (χ1n) is 9.46. The molecule has 1 fully saturated rings. The van der Waals surface area contributed by atoms with Gasteiger partial charge in [-0.15, -0.1) is 0 Å². The van der Waals surface area contributed by atoms with E-state index in [-0.39, 0.29) is 6.03 Å². The van der Waals surface area contributed by atoms with Crippen LogP contribution in [0, 0.1) is 5.92 Å². The number of halogens is 2. The molecule has 1 saturated heterocycles. The maximum Gasteiger partial charge on any atom is 0.322 e. The molecule has 0 radical (unpaired) electrons. The summed E-state index contributed by atoms with van der Waals surface area (Å²) in [5.74, 6) is 0.770. The maximum atomic E-state index is 12.4. The van der Waals surface area contributed by atoms with Crippen molar-refractivity contribution in [2.75, 3.05) is 38.0 Å². The lowest BCUT2D eigenvalue weighted by Crippen LogP contribution is -2.39. The standard InChI is InChI=1S/C20H27Cl2N3O/c1-2-24-9-3-4-16(14-24)12-15-7-10-25(11-8-15)20(26)23-17-5-6-18(21)19(22)13-17/h5-7,13,16H,2-4,8-12,14H2,1H3,(H,23,26). The highest BCUT2D eigenvalue weighted by atomic mass is 35.5. The zero-order valence-corrected chi connectivity index (χ0v) is 16.8. The Balaban J connectivity index is 1.50. The summed E-state index contributed by atoms with van der Waals surface area (Å²) >= 11 is 11.9. The van der Waals surface area contributed by atoms with Gasteiger partial charge in [0.15, 0.2) is 0 Å². The SMILES string of the molecule is CCN1CCCC(CC2=CCN(C(=O)Nc3ccc(Cl)c(Cl)c3)CC2)C1. The lowest BCUT2D eigenvalue weighted by atomic mass is 9.89. The Bertz CT molecular complexity index is 677. The molecule has 1 atom stereocenters. The monoisotopic (exact) mass is 395 g/mol. The van der Waals surface area contributed by atoms with Crippen LogP contribution in [-0.2, 0) is 0 Å². The molecule has 26 heavy (non-hydrogen) atoms. The van der Waals surface area contributed by atoms with Crippen molar-refractivity contribution in [3.63, 3.8) is 0 Å². The van der Waals surface area contributed by atoms with E-state index in [0.29, 0.717) is 22.3 Å². The number of carbonyl (C=O) groups is 1. The average molecular weight is 396 g/mol. The molecule has 0 aliphatic carbocycles. The molecule has 2 amide bonds. The van der Waals surface area contributed by atoms with Crippen molar-refractivity contribution in [2.45, 2.75) is 32.6 Å². The van der Waals surface area contributed by atoms with E-state index in [1.807, 2.05) is 4.90 Å². The van der Waals surface area contributed by atoms with Gasteiger partial charge >= 0.3 is 6.03 Å².